The molecule has 3 N–H and O–H groups in total. The van der Waals surface area contributed by atoms with Gasteiger partial charge in [-0.3, -0.25) is 14.8 Å². The maximum absolute atomic E-state index is 12.7. The summed E-state index contributed by atoms with van der Waals surface area (Å²) in [5, 5.41) is 13.0. The van der Waals surface area contributed by atoms with E-state index in [-0.39, 0.29) is 18.6 Å². The van der Waals surface area contributed by atoms with Crippen molar-refractivity contribution >= 4 is 22.7 Å². The predicted molar refractivity (Wildman–Crippen MR) is 112 cm³/mol. The first kappa shape index (κ1) is 20.1. The highest BCUT2D eigenvalue weighted by Crippen LogP contribution is 2.21. The number of benzene rings is 2. The Kier molecular flexibility index (Phi) is 5.83. The summed E-state index contributed by atoms with van der Waals surface area (Å²) in [6.45, 7) is 3.44. The summed E-state index contributed by atoms with van der Waals surface area (Å²) in [7, 11) is 0. The topological polar surface area (TPSA) is 92.6 Å². The van der Waals surface area contributed by atoms with Crippen LogP contribution in [-0.2, 0) is 16.1 Å². The van der Waals surface area contributed by atoms with Crippen LogP contribution in [-0.4, -0.2) is 40.8 Å². The van der Waals surface area contributed by atoms with Crippen molar-refractivity contribution in [1.82, 2.24) is 15.4 Å². The Labute approximate surface area is 174 Å². The molecule has 1 aliphatic heterocycles. The Balaban J connectivity index is 1.46. The molecule has 2 amide bonds. The van der Waals surface area contributed by atoms with Crippen LogP contribution in [0.5, 0.6) is 0 Å². The third kappa shape index (κ3) is 4.08. The molecular weight excluding hydrogens is 382 g/mol. The number of carbonyl (C=O) groups excluding carboxylic acids is 2. The molecule has 2 aromatic carbocycles. The summed E-state index contributed by atoms with van der Waals surface area (Å²) in [6.07, 6.45) is 0.516. The number of hydrogen-bond donors (Lipinski definition) is 3. The van der Waals surface area contributed by atoms with Gasteiger partial charge in [0.1, 0.15) is 0 Å². The zero-order valence-corrected chi connectivity index (χ0v) is 16.8. The molecule has 0 bridgehead atoms. The molecule has 0 saturated carbocycles. The van der Waals surface area contributed by atoms with Gasteiger partial charge in [0.2, 0.25) is 0 Å². The molecule has 3 aromatic rings. The molecule has 1 aliphatic rings. The molecule has 2 atom stereocenters. The van der Waals surface area contributed by atoms with Crippen molar-refractivity contribution in [2.75, 3.05) is 13.2 Å². The van der Waals surface area contributed by atoms with E-state index in [2.05, 4.69) is 35.0 Å². The third-order valence-corrected chi connectivity index (χ3v) is 5.69. The second-order valence-corrected chi connectivity index (χ2v) is 7.65. The minimum absolute atomic E-state index is 0.167. The number of rotatable bonds is 5. The molecule has 4 rings (SSSR count). The van der Waals surface area contributed by atoms with Crippen molar-refractivity contribution in [3.63, 3.8) is 0 Å². The van der Waals surface area contributed by atoms with Crippen LogP contribution >= 0.6 is 0 Å². The van der Waals surface area contributed by atoms with E-state index in [0.29, 0.717) is 18.6 Å². The van der Waals surface area contributed by atoms with E-state index in [4.69, 9.17) is 9.94 Å². The lowest BCUT2D eigenvalue weighted by atomic mass is 9.94. The molecule has 7 nitrogen and oxygen atoms in total. The Morgan fingerprint density at radius 2 is 1.93 bits per heavy atom. The van der Waals surface area contributed by atoms with Crippen LogP contribution in [0.4, 0.5) is 0 Å². The maximum Gasteiger partial charge on any atom is 0.251 e. The number of para-hydroxylation sites is 1. The Hall–Kier alpha value is -3.16. The van der Waals surface area contributed by atoms with Gasteiger partial charge in [0.25, 0.3) is 11.8 Å². The first-order chi connectivity index (χ1) is 14.6. The lowest BCUT2D eigenvalue weighted by Crippen LogP contribution is -2.51. The average Bonchev–Trinajstić information content (AvgIpc) is 3.09. The van der Waals surface area contributed by atoms with Gasteiger partial charge in [-0.2, -0.15) is 0 Å². The fraction of sp³-hybridized carbons (Fsp3) is 0.304. The first-order valence-electron chi connectivity index (χ1n) is 10.0. The van der Waals surface area contributed by atoms with Gasteiger partial charge in [0, 0.05) is 36.0 Å². The molecule has 1 fully saturated rings. The molecular formula is C23H25N3O4. The Morgan fingerprint density at radius 1 is 1.17 bits per heavy atom. The van der Waals surface area contributed by atoms with E-state index in [0.717, 1.165) is 12.1 Å². The van der Waals surface area contributed by atoms with Crippen LogP contribution in [0, 0.1) is 12.8 Å². The SMILES string of the molecule is Cc1cc2ccccc2n1Cc1ccc(C(=O)N[C@@H]2CCOC[C@@H]2C(=O)NO)cc1. The van der Waals surface area contributed by atoms with Gasteiger partial charge in [0.15, 0.2) is 0 Å². The Morgan fingerprint density at radius 3 is 2.70 bits per heavy atom. The number of aromatic nitrogens is 1. The van der Waals surface area contributed by atoms with E-state index < -0.39 is 11.8 Å². The average molecular weight is 407 g/mol. The van der Waals surface area contributed by atoms with Crippen LogP contribution in [0.15, 0.2) is 54.6 Å². The molecule has 7 heteroatoms. The molecule has 1 saturated heterocycles. The summed E-state index contributed by atoms with van der Waals surface area (Å²) >= 11 is 0. The number of amides is 2. The standard InChI is InChI=1S/C23H25N3O4/c1-15-12-18-4-2-3-5-21(18)26(15)13-16-6-8-17(9-7-16)22(27)24-20-10-11-30-14-19(20)23(28)25-29/h2-9,12,19-20,29H,10-11,13-14H2,1H3,(H,24,27)(H,25,28)/t19-,20+/m0/s1. The zero-order valence-electron chi connectivity index (χ0n) is 16.8. The van der Waals surface area contributed by atoms with Crippen molar-refractivity contribution < 1.29 is 19.5 Å². The molecule has 156 valence electrons. The third-order valence-electron chi connectivity index (χ3n) is 5.69. The summed E-state index contributed by atoms with van der Waals surface area (Å²) in [5.74, 6) is -1.41. The monoisotopic (exact) mass is 407 g/mol. The summed E-state index contributed by atoms with van der Waals surface area (Å²) in [4.78, 5) is 24.5. The fourth-order valence-electron chi connectivity index (χ4n) is 4.01. The highest BCUT2D eigenvalue weighted by atomic mass is 16.5. The molecule has 2 heterocycles. The molecule has 0 unspecified atom stereocenters. The minimum Gasteiger partial charge on any atom is -0.380 e. The van der Waals surface area contributed by atoms with Gasteiger partial charge in [0.05, 0.1) is 12.5 Å². The molecule has 30 heavy (non-hydrogen) atoms. The number of ether oxygens (including phenoxy) is 1. The van der Waals surface area contributed by atoms with Crippen LogP contribution in [0.25, 0.3) is 10.9 Å². The van der Waals surface area contributed by atoms with Crippen LogP contribution in [0.3, 0.4) is 0 Å². The summed E-state index contributed by atoms with van der Waals surface area (Å²) in [6, 6.07) is 17.6. The second-order valence-electron chi connectivity index (χ2n) is 7.65. The van der Waals surface area contributed by atoms with Gasteiger partial charge < -0.3 is 14.6 Å². The molecule has 0 spiro atoms. The number of hydroxylamine groups is 1. The van der Waals surface area contributed by atoms with Gasteiger partial charge in [-0.25, -0.2) is 5.48 Å². The molecule has 1 aromatic heterocycles. The van der Waals surface area contributed by atoms with Crippen LogP contribution < -0.4 is 10.8 Å². The predicted octanol–water partition coefficient (Wildman–Crippen LogP) is 2.64. The number of carbonyl (C=O) groups is 2. The van der Waals surface area contributed by atoms with E-state index in [1.54, 1.807) is 17.6 Å². The quantitative estimate of drug-likeness (QED) is 0.448. The van der Waals surface area contributed by atoms with Crippen LogP contribution in [0.2, 0.25) is 0 Å². The lowest BCUT2D eigenvalue weighted by molar-refractivity contribution is -0.138. The largest absolute Gasteiger partial charge is 0.380 e. The lowest BCUT2D eigenvalue weighted by Gasteiger charge is -2.30. The van der Waals surface area contributed by atoms with E-state index >= 15 is 0 Å². The highest BCUT2D eigenvalue weighted by Gasteiger charge is 2.32. The first-order valence-corrected chi connectivity index (χ1v) is 10.0. The highest BCUT2D eigenvalue weighted by molar-refractivity contribution is 5.95. The second kappa shape index (κ2) is 8.69. The number of fused-ring (bicyclic) bond motifs is 1. The molecule has 0 aliphatic carbocycles. The van der Waals surface area contributed by atoms with Crippen molar-refractivity contribution in [2.45, 2.75) is 25.9 Å². The van der Waals surface area contributed by atoms with Gasteiger partial charge in [-0.1, -0.05) is 30.3 Å². The van der Waals surface area contributed by atoms with Crippen molar-refractivity contribution in [3.8, 4) is 0 Å². The van der Waals surface area contributed by atoms with Gasteiger partial charge in [-0.15, -0.1) is 0 Å². The van der Waals surface area contributed by atoms with Gasteiger partial charge >= 0.3 is 0 Å². The fourth-order valence-corrected chi connectivity index (χ4v) is 4.01. The normalized spacial score (nSPS) is 18.9. The van der Waals surface area contributed by atoms with Crippen molar-refractivity contribution in [3.05, 3.63) is 71.4 Å². The van der Waals surface area contributed by atoms with Crippen molar-refractivity contribution in [1.29, 1.82) is 0 Å². The minimum atomic E-state index is -0.614. The number of nitrogens with zero attached hydrogens (tertiary/aromatic N) is 1. The van der Waals surface area contributed by atoms with Gasteiger partial charge in [-0.05, 0) is 48.6 Å². The Bertz CT molecular complexity index is 1060. The zero-order chi connectivity index (χ0) is 21.1. The molecule has 0 radical (unpaired) electrons. The summed E-state index contributed by atoms with van der Waals surface area (Å²) < 4.78 is 7.56. The number of nitrogens with one attached hydrogen (secondary N) is 2. The summed E-state index contributed by atoms with van der Waals surface area (Å²) in [5.41, 5.74) is 5.65. The van der Waals surface area contributed by atoms with Crippen molar-refractivity contribution in [2.24, 2.45) is 5.92 Å². The van der Waals surface area contributed by atoms with Crippen LogP contribution in [0.1, 0.15) is 28.0 Å². The van der Waals surface area contributed by atoms with E-state index in [1.807, 2.05) is 24.3 Å². The van der Waals surface area contributed by atoms with E-state index in [1.165, 1.54) is 16.6 Å². The smallest absolute Gasteiger partial charge is 0.251 e. The number of aryl methyl sites for hydroxylation is 1. The number of hydrogen-bond acceptors (Lipinski definition) is 4. The van der Waals surface area contributed by atoms with E-state index in [9.17, 15) is 9.59 Å². The maximum atomic E-state index is 12.7.